The lowest BCUT2D eigenvalue weighted by Gasteiger charge is -2.09. The van der Waals surface area contributed by atoms with E-state index in [1.54, 1.807) is 0 Å². The van der Waals surface area contributed by atoms with Crippen LogP contribution in [0.25, 0.3) is 11.1 Å². The number of pyridine rings is 1. The van der Waals surface area contributed by atoms with E-state index in [2.05, 4.69) is 4.98 Å². The normalized spacial score (nSPS) is 9.71. The Labute approximate surface area is 128 Å². The first-order chi connectivity index (χ1) is 9.99. The summed E-state index contributed by atoms with van der Waals surface area (Å²) in [4.78, 5) is 13.8. The molecule has 0 aliphatic rings. The smallest absolute Gasteiger partial charge is 0.258 e. The summed E-state index contributed by atoms with van der Waals surface area (Å²) in [5.74, 6) is 0. The van der Waals surface area contributed by atoms with Crippen LogP contribution in [0, 0.1) is 32.8 Å². The summed E-state index contributed by atoms with van der Waals surface area (Å²) < 4.78 is 0. The quantitative estimate of drug-likeness (QED) is 0.477. The van der Waals surface area contributed by atoms with E-state index in [1.165, 1.54) is 24.3 Å². The van der Waals surface area contributed by atoms with Crippen LogP contribution in [0.3, 0.4) is 0 Å². The van der Waals surface area contributed by atoms with Crippen molar-refractivity contribution in [3.8, 4) is 23.3 Å². The Hall–Kier alpha value is -2.67. The van der Waals surface area contributed by atoms with Gasteiger partial charge in [0, 0.05) is 17.7 Å². The number of nitro groups is 1. The van der Waals surface area contributed by atoms with Crippen LogP contribution in [0.1, 0.15) is 11.1 Å². The first-order valence-electron chi connectivity index (χ1n) is 5.43. The highest BCUT2D eigenvalue weighted by Crippen LogP contribution is 2.35. The molecular weight excluding hydrogens is 315 g/mol. The fourth-order valence-corrected chi connectivity index (χ4v) is 2.26. The van der Waals surface area contributed by atoms with E-state index in [-0.39, 0.29) is 32.7 Å². The minimum absolute atomic E-state index is 0.00790. The average molecular weight is 319 g/mol. The SMILES string of the molecule is N#Cc1c(Cl)nc(Cl)c(C#N)c1-c1ccc([N+](=O)[O-])cc1. The minimum atomic E-state index is -0.549. The Morgan fingerprint density at radius 1 is 1.05 bits per heavy atom. The highest BCUT2D eigenvalue weighted by molar-refractivity contribution is 6.34. The van der Waals surface area contributed by atoms with Crippen LogP contribution in [-0.2, 0) is 0 Å². The van der Waals surface area contributed by atoms with Crippen LogP contribution >= 0.6 is 23.2 Å². The number of halogens is 2. The van der Waals surface area contributed by atoms with Gasteiger partial charge in [-0.3, -0.25) is 10.1 Å². The van der Waals surface area contributed by atoms with Crippen molar-refractivity contribution in [3.63, 3.8) is 0 Å². The summed E-state index contributed by atoms with van der Waals surface area (Å²) in [7, 11) is 0. The molecule has 6 nitrogen and oxygen atoms in total. The van der Waals surface area contributed by atoms with E-state index in [4.69, 9.17) is 23.2 Å². The Balaban J connectivity index is 2.76. The van der Waals surface area contributed by atoms with Gasteiger partial charge in [-0.1, -0.05) is 23.2 Å². The molecule has 1 aromatic heterocycles. The molecule has 0 saturated carbocycles. The van der Waals surface area contributed by atoms with E-state index < -0.39 is 4.92 Å². The van der Waals surface area contributed by atoms with E-state index in [9.17, 15) is 20.6 Å². The summed E-state index contributed by atoms with van der Waals surface area (Å²) in [5, 5.41) is 28.8. The summed E-state index contributed by atoms with van der Waals surface area (Å²) in [6, 6.07) is 9.09. The van der Waals surface area contributed by atoms with Gasteiger partial charge >= 0.3 is 0 Å². The third kappa shape index (κ3) is 2.63. The van der Waals surface area contributed by atoms with Crippen LogP contribution in [0.2, 0.25) is 10.3 Å². The second-order valence-corrected chi connectivity index (χ2v) is 4.56. The van der Waals surface area contributed by atoms with E-state index >= 15 is 0 Å². The second-order valence-electron chi connectivity index (χ2n) is 3.85. The highest BCUT2D eigenvalue weighted by Gasteiger charge is 2.20. The number of benzene rings is 1. The van der Waals surface area contributed by atoms with Gasteiger partial charge in [-0.25, -0.2) is 4.98 Å². The van der Waals surface area contributed by atoms with Crippen molar-refractivity contribution in [3.05, 3.63) is 55.8 Å². The number of rotatable bonds is 2. The molecule has 0 N–H and O–H groups in total. The lowest BCUT2D eigenvalue weighted by Crippen LogP contribution is -1.96. The van der Waals surface area contributed by atoms with Crippen molar-refractivity contribution in [2.24, 2.45) is 0 Å². The third-order valence-electron chi connectivity index (χ3n) is 2.70. The van der Waals surface area contributed by atoms with Crippen molar-refractivity contribution < 1.29 is 4.92 Å². The molecule has 102 valence electrons. The monoisotopic (exact) mass is 318 g/mol. The largest absolute Gasteiger partial charge is 0.269 e. The van der Waals surface area contributed by atoms with Gasteiger partial charge in [-0.15, -0.1) is 0 Å². The van der Waals surface area contributed by atoms with Gasteiger partial charge in [-0.05, 0) is 17.7 Å². The molecule has 0 radical (unpaired) electrons. The first kappa shape index (κ1) is 14.7. The van der Waals surface area contributed by atoms with Crippen molar-refractivity contribution in [2.75, 3.05) is 0 Å². The van der Waals surface area contributed by atoms with Gasteiger partial charge in [0.25, 0.3) is 5.69 Å². The Morgan fingerprint density at radius 3 is 1.90 bits per heavy atom. The van der Waals surface area contributed by atoms with Crippen LogP contribution in [0.15, 0.2) is 24.3 Å². The zero-order chi connectivity index (χ0) is 15.6. The molecular formula is C13H4Cl2N4O2. The molecule has 2 aromatic rings. The van der Waals surface area contributed by atoms with E-state index in [0.29, 0.717) is 5.56 Å². The number of nitriles is 2. The highest BCUT2D eigenvalue weighted by atomic mass is 35.5. The van der Waals surface area contributed by atoms with Crippen molar-refractivity contribution in [1.82, 2.24) is 4.98 Å². The number of hydrogen-bond acceptors (Lipinski definition) is 5. The number of aromatic nitrogens is 1. The van der Waals surface area contributed by atoms with Crippen LogP contribution in [0.5, 0.6) is 0 Å². The molecule has 1 heterocycles. The molecule has 0 aliphatic heterocycles. The molecule has 2 rings (SSSR count). The molecule has 0 aliphatic carbocycles. The van der Waals surface area contributed by atoms with Gasteiger partial charge in [0.1, 0.15) is 22.4 Å². The summed E-state index contributed by atoms with van der Waals surface area (Å²) in [6.07, 6.45) is 0. The first-order valence-corrected chi connectivity index (χ1v) is 6.19. The Bertz CT molecular complexity index is 782. The fourth-order valence-electron chi connectivity index (χ4n) is 1.77. The molecule has 8 heteroatoms. The predicted octanol–water partition coefficient (Wildman–Crippen LogP) is 3.71. The maximum Gasteiger partial charge on any atom is 0.269 e. The summed E-state index contributed by atoms with van der Waals surface area (Å²) in [5.41, 5.74) is 0.500. The zero-order valence-corrected chi connectivity index (χ0v) is 11.7. The molecule has 0 amide bonds. The summed E-state index contributed by atoms with van der Waals surface area (Å²) >= 11 is 11.7. The molecule has 0 bridgehead atoms. The van der Waals surface area contributed by atoms with Crippen LogP contribution in [-0.4, -0.2) is 9.91 Å². The lowest BCUT2D eigenvalue weighted by atomic mass is 9.97. The average Bonchev–Trinajstić information content (AvgIpc) is 2.46. The van der Waals surface area contributed by atoms with Gasteiger partial charge in [-0.2, -0.15) is 10.5 Å². The van der Waals surface area contributed by atoms with Crippen molar-refractivity contribution in [1.29, 1.82) is 10.5 Å². The fraction of sp³-hybridized carbons (Fsp3) is 0. The standard InChI is InChI=1S/C13H4Cl2N4O2/c14-12-9(5-16)11(10(6-17)13(15)18-12)7-1-3-8(4-2-7)19(20)21/h1-4H. The number of non-ortho nitro benzene ring substituents is 1. The Kier molecular flexibility index (Phi) is 4.04. The maximum absolute atomic E-state index is 10.7. The second kappa shape index (κ2) is 5.76. The molecule has 0 atom stereocenters. The Morgan fingerprint density at radius 2 is 1.52 bits per heavy atom. The molecule has 0 saturated heterocycles. The molecule has 0 fully saturated rings. The van der Waals surface area contributed by atoms with Gasteiger partial charge in [0.05, 0.1) is 16.1 Å². The van der Waals surface area contributed by atoms with Crippen LogP contribution in [0.4, 0.5) is 5.69 Å². The predicted molar refractivity (Wildman–Crippen MR) is 75.8 cm³/mol. The van der Waals surface area contributed by atoms with Gasteiger partial charge in [0.2, 0.25) is 0 Å². The molecule has 1 aromatic carbocycles. The van der Waals surface area contributed by atoms with Crippen molar-refractivity contribution >= 4 is 28.9 Å². The minimum Gasteiger partial charge on any atom is -0.258 e. The number of hydrogen-bond donors (Lipinski definition) is 0. The zero-order valence-electron chi connectivity index (χ0n) is 10.2. The van der Waals surface area contributed by atoms with Crippen molar-refractivity contribution in [2.45, 2.75) is 0 Å². The summed E-state index contributed by atoms with van der Waals surface area (Å²) in [6.45, 7) is 0. The maximum atomic E-state index is 10.7. The van der Waals surface area contributed by atoms with Gasteiger partial charge in [0.15, 0.2) is 0 Å². The van der Waals surface area contributed by atoms with E-state index in [1.807, 2.05) is 12.1 Å². The van der Waals surface area contributed by atoms with E-state index in [0.717, 1.165) is 0 Å². The molecule has 0 unspecified atom stereocenters. The van der Waals surface area contributed by atoms with Gasteiger partial charge < -0.3 is 0 Å². The number of nitrogens with zero attached hydrogens (tertiary/aromatic N) is 4. The lowest BCUT2D eigenvalue weighted by molar-refractivity contribution is -0.384. The molecule has 21 heavy (non-hydrogen) atoms. The topological polar surface area (TPSA) is 104 Å². The molecule has 0 spiro atoms. The van der Waals surface area contributed by atoms with Crippen LogP contribution < -0.4 is 0 Å². The third-order valence-corrected chi connectivity index (χ3v) is 3.25. The number of nitro benzene ring substituents is 1.